The van der Waals surface area contributed by atoms with Gasteiger partial charge in [0, 0.05) is 44.2 Å². The second kappa shape index (κ2) is 10.8. The van der Waals surface area contributed by atoms with Crippen molar-refractivity contribution in [2.45, 2.75) is 5.92 Å². The van der Waals surface area contributed by atoms with E-state index in [0.717, 1.165) is 66.1 Å². The highest BCUT2D eigenvalue weighted by atomic mass is 16.3. The van der Waals surface area contributed by atoms with Crippen molar-refractivity contribution in [3.05, 3.63) is 174 Å². The zero-order chi connectivity index (χ0) is 33.5. The molecular weight excluding hydrogens is 627 g/mol. The van der Waals surface area contributed by atoms with Crippen molar-refractivity contribution in [3.8, 4) is 45.3 Å². The molecule has 1 aliphatic rings. The number of hydrogen-bond acceptors (Lipinski definition) is 5. The number of hydrogen-bond donors (Lipinski definition) is 0. The van der Waals surface area contributed by atoms with Gasteiger partial charge >= 0.3 is 0 Å². The van der Waals surface area contributed by atoms with Crippen LogP contribution in [0.3, 0.4) is 0 Å². The molecule has 11 rings (SSSR count). The number of aromatic nitrogens is 3. The molecule has 0 bridgehead atoms. The fourth-order valence-electron chi connectivity index (χ4n) is 7.94. The SMILES string of the molecule is c1ccc(-c2nc(-c3ccc4c(c3)oc3c(C5c6ccccc6-c6ccccc65)cccc34)nc(-c3cccc4c3oc3ccccc34)n2)cc1. The van der Waals surface area contributed by atoms with Crippen LogP contribution in [0.15, 0.2) is 167 Å². The number of rotatable bonds is 4. The van der Waals surface area contributed by atoms with Gasteiger partial charge in [0.05, 0.1) is 5.56 Å². The first-order valence-corrected chi connectivity index (χ1v) is 17.1. The number of benzene rings is 7. The lowest BCUT2D eigenvalue weighted by Gasteiger charge is -2.14. The van der Waals surface area contributed by atoms with E-state index in [0.29, 0.717) is 17.5 Å². The molecule has 238 valence electrons. The van der Waals surface area contributed by atoms with E-state index in [4.69, 9.17) is 23.8 Å². The Balaban J connectivity index is 1.09. The molecule has 0 spiro atoms. The molecule has 3 heterocycles. The Bertz CT molecular complexity index is 2950. The lowest BCUT2D eigenvalue weighted by molar-refractivity contribution is 0.661. The Labute approximate surface area is 292 Å². The summed E-state index contributed by atoms with van der Waals surface area (Å²) in [6.07, 6.45) is 0. The molecule has 5 nitrogen and oxygen atoms in total. The van der Waals surface area contributed by atoms with Crippen molar-refractivity contribution >= 4 is 43.9 Å². The Kier molecular flexibility index (Phi) is 5.95. The summed E-state index contributed by atoms with van der Waals surface area (Å²) in [5.74, 6) is 1.79. The molecule has 3 aromatic heterocycles. The molecule has 51 heavy (non-hydrogen) atoms. The fraction of sp³-hybridized carbons (Fsp3) is 0.0217. The van der Waals surface area contributed by atoms with Gasteiger partial charge in [-0.1, -0.05) is 133 Å². The first-order chi connectivity index (χ1) is 25.3. The van der Waals surface area contributed by atoms with Gasteiger partial charge in [0.2, 0.25) is 0 Å². The summed E-state index contributed by atoms with van der Waals surface area (Å²) >= 11 is 0. The highest BCUT2D eigenvalue weighted by Gasteiger charge is 2.31. The number of para-hydroxylation sites is 3. The van der Waals surface area contributed by atoms with Crippen LogP contribution < -0.4 is 0 Å². The Morgan fingerprint density at radius 3 is 1.71 bits per heavy atom. The minimum Gasteiger partial charge on any atom is -0.456 e. The van der Waals surface area contributed by atoms with E-state index in [1.807, 2.05) is 60.7 Å². The molecule has 7 aromatic carbocycles. The van der Waals surface area contributed by atoms with Crippen molar-refractivity contribution in [2.24, 2.45) is 0 Å². The van der Waals surface area contributed by atoms with Crippen molar-refractivity contribution in [3.63, 3.8) is 0 Å². The van der Waals surface area contributed by atoms with Crippen molar-refractivity contribution < 1.29 is 8.83 Å². The largest absolute Gasteiger partial charge is 0.456 e. The van der Waals surface area contributed by atoms with E-state index in [-0.39, 0.29) is 5.92 Å². The normalized spacial score (nSPS) is 12.6. The number of nitrogens with zero attached hydrogens (tertiary/aromatic N) is 3. The molecule has 0 unspecified atom stereocenters. The van der Waals surface area contributed by atoms with Crippen LogP contribution in [0.1, 0.15) is 22.6 Å². The van der Waals surface area contributed by atoms with Gasteiger partial charge < -0.3 is 8.83 Å². The molecule has 10 aromatic rings. The minimum absolute atomic E-state index is 0.0848. The standard InChI is InChI=1S/C46H27N3O2/c1-2-12-27(13-3-1)44-47-45(49-46(48-44)38-22-11-20-35-31-16-8-9-23-39(31)50-43(35)38)28-24-25-32-36-19-10-21-37(42(36)51-40(32)26-28)41-33-17-6-4-14-29(33)30-15-5-7-18-34(30)41/h1-26,41H. The zero-order valence-electron chi connectivity index (χ0n) is 27.2. The predicted molar refractivity (Wildman–Crippen MR) is 204 cm³/mol. The van der Waals surface area contributed by atoms with Crippen molar-refractivity contribution in [2.75, 3.05) is 0 Å². The summed E-state index contributed by atoms with van der Waals surface area (Å²) in [5, 5.41) is 4.23. The zero-order valence-corrected chi connectivity index (χ0v) is 27.2. The van der Waals surface area contributed by atoms with Crippen LogP contribution in [-0.4, -0.2) is 15.0 Å². The molecule has 0 aliphatic heterocycles. The summed E-state index contributed by atoms with van der Waals surface area (Å²) < 4.78 is 13.2. The molecule has 1 aliphatic carbocycles. The number of furan rings is 2. The summed E-state index contributed by atoms with van der Waals surface area (Å²) in [6.45, 7) is 0. The molecule has 0 amide bonds. The molecule has 0 atom stereocenters. The highest BCUT2D eigenvalue weighted by Crippen LogP contribution is 2.50. The van der Waals surface area contributed by atoms with Crippen LogP contribution in [0.25, 0.3) is 89.2 Å². The van der Waals surface area contributed by atoms with Gasteiger partial charge in [0.25, 0.3) is 0 Å². The van der Waals surface area contributed by atoms with E-state index in [2.05, 4.69) is 97.1 Å². The third-order valence-corrected chi connectivity index (χ3v) is 10.2. The van der Waals surface area contributed by atoms with Crippen LogP contribution in [0.5, 0.6) is 0 Å². The van der Waals surface area contributed by atoms with Gasteiger partial charge in [-0.15, -0.1) is 0 Å². The lowest BCUT2D eigenvalue weighted by atomic mass is 9.88. The molecule has 0 saturated carbocycles. The van der Waals surface area contributed by atoms with Gasteiger partial charge in [-0.05, 0) is 46.5 Å². The van der Waals surface area contributed by atoms with Gasteiger partial charge in [-0.25, -0.2) is 15.0 Å². The predicted octanol–water partition coefficient (Wildman–Crippen LogP) is 11.8. The summed E-state index contributed by atoms with van der Waals surface area (Å²) in [4.78, 5) is 15.1. The Morgan fingerprint density at radius 1 is 0.353 bits per heavy atom. The second-order valence-corrected chi connectivity index (χ2v) is 13.1. The molecule has 5 heteroatoms. The van der Waals surface area contributed by atoms with Gasteiger partial charge in [0.1, 0.15) is 22.3 Å². The van der Waals surface area contributed by atoms with Gasteiger partial charge in [-0.2, -0.15) is 0 Å². The molecule has 0 fully saturated rings. The van der Waals surface area contributed by atoms with E-state index in [1.54, 1.807) is 0 Å². The molecular formula is C46H27N3O2. The summed E-state index contributed by atoms with van der Waals surface area (Å²) in [5.41, 5.74) is 12.2. The topological polar surface area (TPSA) is 65.0 Å². The van der Waals surface area contributed by atoms with E-state index in [9.17, 15) is 0 Å². The fourth-order valence-corrected chi connectivity index (χ4v) is 7.94. The maximum absolute atomic E-state index is 6.82. The summed E-state index contributed by atoms with van der Waals surface area (Å²) in [7, 11) is 0. The first kappa shape index (κ1) is 28.0. The number of fused-ring (bicyclic) bond motifs is 9. The average Bonchev–Trinajstić information content (AvgIpc) is 3.87. The van der Waals surface area contributed by atoms with Gasteiger partial charge in [0.15, 0.2) is 17.5 Å². The van der Waals surface area contributed by atoms with Crippen LogP contribution >= 0.6 is 0 Å². The van der Waals surface area contributed by atoms with E-state index < -0.39 is 0 Å². The molecule has 0 saturated heterocycles. The van der Waals surface area contributed by atoms with E-state index in [1.165, 1.54) is 22.3 Å². The second-order valence-electron chi connectivity index (χ2n) is 13.1. The van der Waals surface area contributed by atoms with Crippen LogP contribution in [0, 0.1) is 0 Å². The lowest BCUT2D eigenvalue weighted by Crippen LogP contribution is -2.00. The van der Waals surface area contributed by atoms with Crippen molar-refractivity contribution in [1.29, 1.82) is 0 Å². The quantitative estimate of drug-likeness (QED) is 0.189. The summed E-state index contributed by atoms with van der Waals surface area (Å²) in [6, 6.07) is 54.5. The van der Waals surface area contributed by atoms with Gasteiger partial charge in [-0.3, -0.25) is 0 Å². The maximum Gasteiger partial charge on any atom is 0.167 e. The third-order valence-electron chi connectivity index (χ3n) is 10.2. The van der Waals surface area contributed by atoms with Crippen LogP contribution in [-0.2, 0) is 0 Å². The van der Waals surface area contributed by atoms with Crippen LogP contribution in [0.4, 0.5) is 0 Å². The molecule has 0 radical (unpaired) electrons. The first-order valence-electron chi connectivity index (χ1n) is 17.1. The monoisotopic (exact) mass is 653 g/mol. The smallest absolute Gasteiger partial charge is 0.167 e. The average molecular weight is 654 g/mol. The third kappa shape index (κ3) is 4.25. The van der Waals surface area contributed by atoms with Crippen molar-refractivity contribution in [1.82, 2.24) is 15.0 Å². The minimum atomic E-state index is 0.0848. The van der Waals surface area contributed by atoms with E-state index >= 15 is 0 Å². The Morgan fingerprint density at radius 2 is 0.902 bits per heavy atom. The Hall–Kier alpha value is -6.85. The maximum atomic E-state index is 6.82. The molecule has 0 N–H and O–H groups in total. The highest BCUT2D eigenvalue weighted by molar-refractivity contribution is 6.09. The van der Waals surface area contributed by atoms with Crippen LogP contribution in [0.2, 0.25) is 0 Å².